The summed E-state index contributed by atoms with van der Waals surface area (Å²) in [5.74, 6) is 0.825. The van der Waals surface area contributed by atoms with Crippen molar-refractivity contribution in [2.45, 2.75) is 32.1 Å². The summed E-state index contributed by atoms with van der Waals surface area (Å²) >= 11 is 0. The first kappa shape index (κ1) is 12.3. The van der Waals surface area contributed by atoms with Crippen LogP contribution >= 0.6 is 0 Å². The van der Waals surface area contributed by atoms with Gasteiger partial charge < -0.3 is 15.0 Å². The van der Waals surface area contributed by atoms with Gasteiger partial charge in [0, 0.05) is 13.2 Å². The fourth-order valence-corrected chi connectivity index (χ4v) is 2.68. The van der Waals surface area contributed by atoms with Crippen molar-refractivity contribution in [3.63, 3.8) is 0 Å². The highest BCUT2D eigenvalue weighted by atomic mass is 16.5. The Hall–Kier alpha value is -0.120. The monoisotopic (exact) mass is 226 g/mol. The van der Waals surface area contributed by atoms with Crippen LogP contribution < -0.4 is 5.32 Å². The fraction of sp³-hybridized carbons (Fsp3) is 1.00. The molecule has 16 heavy (non-hydrogen) atoms. The molecule has 0 aromatic rings. The summed E-state index contributed by atoms with van der Waals surface area (Å²) in [6.07, 6.45) is 6.70. The van der Waals surface area contributed by atoms with E-state index in [1.165, 1.54) is 64.8 Å². The van der Waals surface area contributed by atoms with E-state index in [0.29, 0.717) is 0 Å². The predicted octanol–water partition coefficient (Wildman–Crippen LogP) is 1.49. The first-order valence-corrected chi connectivity index (χ1v) is 6.96. The average molecular weight is 226 g/mol. The lowest BCUT2D eigenvalue weighted by atomic mass is 10.1. The Balaban J connectivity index is 1.37. The van der Waals surface area contributed by atoms with Crippen LogP contribution in [0.2, 0.25) is 0 Å². The molecule has 3 nitrogen and oxygen atoms in total. The van der Waals surface area contributed by atoms with E-state index in [-0.39, 0.29) is 0 Å². The third kappa shape index (κ3) is 4.40. The van der Waals surface area contributed by atoms with Gasteiger partial charge in [-0.25, -0.2) is 0 Å². The molecule has 0 spiro atoms. The molecule has 0 aromatic heterocycles. The molecule has 2 rings (SSSR count). The molecule has 94 valence electrons. The van der Waals surface area contributed by atoms with E-state index in [4.69, 9.17) is 4.74 Å². The molecule has 3 heteroatoms. The molecule has 2 aliphatic heterocycles. The number of nitrogens with one attached hydrogen (secondary N) is 1. The summed E-state index contributed by atoms with van der Waals surface area (Å²) in [6, 6.07) is 0. The second kappa shape index (κ2) is 7.25. The van der Waals surface area contributed by atoms with Crippen LogP contribution in [0, 0.1) is 5.92 Å². The Morgan fingerprint density at radius 1 is 1.19 bits per heavy atom. The van der Waals surface area contributed by atoms with Crippen molar-refractivity contribution in [2.75, 3.05) is 45.9 Å². The van der Waals surface area contributed by atoms with Crippen molar-refractivity contribution in [2.24, 2.45) is 5.92 Å². The van der Waals surface area contributed by atoms with Gasteiger partial charge >= 0.3 is 0 Å². The quantitative estimate of drug-likeness (QED) is 0.666. The summed E-state index contributed by atoms with van der Waals surface area (Å²) in [5.41, 5.74) is 0. The average Bonchev–Trinajstić information content (AvgIpc) is 2.96. The van der Waals surface area contributed by atoms with Crippen molar-refractivity contribution in [1.29, 1.82) is 0 Å². The number of nitrogens with zero attached hydrogens (tertiary/aromatic N) is 1. The van der Waals surface area contributed by atoms with Gasteiger partial charge in [-0.05, 0) is 70.7 Å². The maximum absolute atomic E-state index is 5.37. The van der Waals surface area contributed by atoms with Crippen LogP contribution in [-0.4, -0.2) is 50.8 Å². The van der Waals surface area contributed by atoms with Crippen LogP contribution in [0.3, 0.4) is 0 Å². The maximum Gasteiger partial charge on any atom is 0.0495 e. The van der Waals surface area contributed by atoms with Gasteiger partial charge in [-0.1, -0.05) is 0 Å². The van der Waals surface area contributed by atoms with Crippen LogP contribution in [0.15, 0.2) is 0 Å². The minimum atomic E-state index is 0.825. The molecule has 2 fully saturated rings. The van der Waals surface area contributed by atoms with Crippen LogP contribution in [0.5, 0.6) is 0 Å². The fourth-order valence-electron chi connectivity index (χ4n) is 2.68. The van der Waals surface area contributed by atoms with Gasteiger partial charge in [0.2, 0.25) is 0 Å². The second-order valence-electron chi connectivity index (χ2n) is 5.17. The standard InChI is InChI=1S/C13H26N2O/c1-2-9-15(8-1)10-3-6-14-7-4-13-5-11-16-12-13/h13-14H,1-12H2. The summed E-state index contributed by atoms with van der Waals surface area (Å²) in [5, 5.41) is 3.55. The topological polar surface area (TPSA) is 24.5 Å². The van der Waals surface area contributed by atoms with Gasteiger partial charge in [0.15, 0.2) is 0 Å². The SMILES string of the molecule is C1CCN(CCCNCCC2CCOC2)C1. The smallest absolute Gasteiger partial charge is 0.0495 e. The van der Waals surface area contributed by atoms with Crippen molar-refractivity contribution >= 4 is 0 Å². The third-order valence-corrected chi connectivity index (χ3v) is 3.78. The van der Waals surface area contributed by atoms with E-state index >= 15 is 0 Å². The molecule has 2 aliphatic rings. The lowest BCUT2D eigenvalue weighted by Gasteiger charge is -2.14. The highest BCUT2D eigenvalue weighted by molar-refractivity contribution is 4.67. The summed E-state index contributed by atoms with van der Waals surface area (Å²) in [7, 11) is 0. The van der Waals surface area contributed by atoms with Crippen molar-refractivity contribution in [3.8, 4) is 0 Å². The molecule has 0 aliphatic carbocycles. The van der Waals surface area contributed by atoms with E-state index in [0.717, 1.165) is 19.1 Å². The van der Waals surface area contributed by atoms with Crippen LogP contribution in [-0.2, 0) is 4.74 Å². The first-order chi connectivity index (χ1) is 7.95. The normalized spacial score (nSPS) is 26.6. The summed E-state index contributed by atoms with van der Waals surface area (Å²) in [6.45, 7) is 8.30. The minimum Gasteiger partial charge on any atom is -0.381 e. The summed E-state index contributed by atoms with van der Waals surface area (Å²) in [4.78, 5) is 2.59. The first-order valence-electron chi connectivity index (χ1n) is 6.96. The molecule has 0 bridgehead atoms. The van der Waals surface area contributed by atoms with E-state index < -0.39 is 0 Å². The van der Waals surface area contributed by atoms with E-state index in [1.807, 2.05) is 0 Å². The zero-order valence-corrected chi connectivity index (χ0v) is 10.4. The van der Waals surface area contributed by atoms with Gasteiger partial charge in [-0.3, -0.25) is 0 Å². The Morgan fingerprint density at radius 3 is 2.81 bits per heavy atom. The molecule has 0 amide bonds. The van der Waals surface area contributed by atoms with Gasteiger partial charge in [0.05, 0.1) is 0 Å². The molecule has 0 saturated carbocycles. The molecule has 2 saturated heterocycles. The number of hydrogen-bond donors (Lipinski definition) is 1. The lowest BCUT2D eigenvalue weighted by molar-refractivity contribution is 0.184. The molecule has 2 heterocycles. The zero-order valence-electron chi connectivity index (χ0n) is 10.4. The Kier molecular flexibility index (Phi) is 5.59. The Bertz CT molecular complexity index is 155. The molecular weight excluding hydrogens is 200 g/mol. The number of ether oxygens (including phenoxy) is 1. The third-order valence-electron chi connectivity index (χ3n) is 3.78. The minimum absolute atomic E-state index is 0.825. The summed E-state index contributed by atoms with van der Waals surface area (Å²) < 4.78 is 5.37. The van der Waals surface area contributed by atoms with E-state index in [1.54, 1.807) is 0 Å². The van der Waals surface area contributed by atoms with Crippen LogP contribution in [0.1, 0.15) is 32.1 Å². The molecule has 1 N–H and O–H groups in total. The molecule has 0 radical (unpaired) electrons. The highest BCUT2D eigenvalue weighted by Crippen LogP contribution is 2.15. The van der Waals surface area contributed by atoms with E-state index in [9.17, 15) is 0 Å². The molecule has 1 unspecified atom stereocenters. The Labute approximate surface area is 99.5 Å². The van der Waals surface area contributed by atoms with Crippen molar-refractivity contribution < 1.29 is 4.74 Å². The van der Waals surface area contributed by atoms with Crippen molar-refractivity contribution in [1.82, 2.24) is 10.2 Å². The van der Waals surface area contributed by atoms with Gasteiger partial charge in [-0.15, -0.1) is 0 Å². The van der Waals surface area contributed by atoms with Crippen molar-refractivity contribution in [3.05, 3.63) is 0 Å². The number of rotatable bonds is 7. The van der Waals surface area contributed by atoms with Crippen LogP contribution in [0.25, 0.3) is 0 Å². The van der Waals surface area contributed by atoms with Gasteiger partial charge in [0.25, 0.3) is 0 Å². The maximum atomic E-state index is 5.37. The number of likely N-dealkylation sites (tertiary alicyclic amines) is 1. The highest BCUT2D eigenvalue weighted by Gasteiger charge is 2.14. The van der Waals surface area contributed by atoms with Gasteiger partial charge in [-0.2, -0.15) is 0 Å². The molecule has 1 atom stereocenters. The largest absolute Gasteiger partial charge is 0.381 e. The second-order valence-corrected chi connectivity index (χ2v) is 5.17. The van der Waals surface area contributed by atoms with Gasteiger partial charge in [0.1, 0.15) is 0 Å². The van der Waals surface area contributed by atoms with Crippen LogP contribution in [0.4, 0.5) is 0 Å². The molecular formula is C13H26N2O. The zero-order chi connectivity index (χ0) is 11.1. The number of hydrogen-bond acceptors (Lipinski definition) is 3. The lowest BCUT2D eigenvalue weighted by Crippen LogP contribution is -2.26. The molecule has 0 aromatic carbocycles. The predicted molar refractivity (Wildman–Crippen MR) is 66.7 cm³/mol. The Morgan fingerprint density at radius 2 is 2.06 bits per heavy atom. The van der Waals surface area contributed by atoms with E-state index in [2.05, 4.69) is 10.2 Å².